The van der Waals surface area contributed by atoms with E-state index >= 15 is 0 Å². The van der Waals surface area contributed by atoms with E-state index in [1.165, 1.54) is 0 Å². The van der Waals surface area contributed by atoms with Gasteiger partial charge in [-0.05, 0) is 19.9 Å². The molecule has 0 aliphatic rings. The van der Waals surface area contributed by atoms with E-state index in [9.17, 15) is 22.4 Å². The van der Waals surface area contributed by atoms with Crippen molar-refractivity contribution in [1.82, 2.24) is 5.32 Å². The van der Waals surface area contributed by atoms with Gasteiger partial charge in [0.2, 0.25) is 5.54 Å². The summed E-state index contributed by atoms with van der Waals surface area (Å²) in [5.74, 6) is -2.02. The number of halogens is 4. The Bertz CT molecular complexity index is 206. The molecular weight excluding hydrogens is 206 g/mol. The molecule has 3 nitrogen and oxygen atoms in total. The van der Waals surface area contributed by atoms with Crippen LogP contribution in [0.1, 0.15) is 13.3 Å². The highest BCUT2D eigenvalue weighted by Crippen LogP contribution is 2.30. The van der Waals surface area contributed by atoms with Crippen LogP contribution in [0.5, 0.6) is 0 Å². The van der Waals surface area contributed by atoms with Crippen LogP contribution in [0.4, 0.5) is 17.6 Å². The van der Waals surface area contributed by atoms with Gasteiger partial charge in [-0.15, -0.1) is 0 Å². The van der Waals surface area contributed by atoms with E-state index in [0.29, 0.717) is 6.92 Å². The SMILES string of the molecule is CC(NCCCF)(C(=O)O)C(F)(F)F. The smallest absolute Gasteiger partial charge is 0.417 e. The lowest BCUT2D eigenvalue weighted by Gasteiger charge is -2.28. The fraction of sp³-hybridized carbons (Fsp3) is 0.857. The summed E-state index contributed by atoms with van der Waals surface area (Å²) in [7, 11) is 0. The highest BCUT2D eigenvalue weighted by molar-refractivity contribution is 5.79. The molecule has 14 heavy (non-hydrogen) atoms. The predicted octanol–water partition coefficient (Wildman–Crippen LogP) is 1.34. The molecule has 2 N–H and O–H groups in total. The number of carboxylic acids is 1. The van der Waals surface area contributed by atoms with Crippen LogP contribution in [0.2, 0.25) is 0 Å². The van der Waals surface area contributed by atoms with E-state index in [1.54, 1.807) is 5.32 Å². The van der Waals surface area contributed by atoms with Gasteiger partial charge < -0.3 is 5.11 Å². The minimum absolute atomic E-state index is 0.154. The molecule has 0 radical (unpaired) electrons. The second-order valence-electron chi connectivity index (χ2n) is 2.90. The largest absolute Gasteiger partial charge is 0.480 e. The van der Waals surface area contributed by atoms with Crippen LogP contribution in [-0.2, 0) is 4.79 Å². The third-order valence-electron chi connectivity index (χ3n) is 1.78. The summed E-state index contributed by atoms with van der Waals surface area (Å²) >= 11 is 0. The predicted molar refractivity (Wildman–Crippen MR) is 40.7 cm³/mol. The third kappa shape index (κ3) is 2.83. The zero-order chi connectivity index (χ0) is 11.4. The maximum atomic E-state index is 12.2. The van der Waals surface area contributed by atoms with E-state index in [-0.39, 0.29) is 13.0 Å². The monoisotopic (exact) mass is 217 g/mol. The number of aliphatic carboxylic acids is 1. The average Bonchev–Trinajstić information content (AvgIpc) is 2.02. The quantitative estimate of drug-likeness (QED) is 0.539. The molecule has 0 saturated carbocycles. The van der Waals surface area contributed by atoms with Gasteiger partial charge in [-0.2, -0.15) is 13.2 Å². The molecule has 0 spiro atoms. The Balaban J connectivity index is 4.50. The number of rotatable bonds is 5. The summed E-state index contributed by atoms with van der Waals surface area (Å²) in [6.45, 7) is -0.618. The first kappa shape index (κ1) is 13.2. The molecular formula is C7H11F4NO2. The van der Waals surface area contributed by atoms with Crippen molar-refractivity contribution in [1.29, 1.82) is 0 Å². The molecule has 84 valence electrons. The fourth-order valence-corrected chi connectivity index (χ4v) is 0.702. The van der Waals surface area contributed by atoms with Crippen LogP contribution in [0, 0.1) is 0 Å². The molecule has 7 heteroatoms. The average molecular weight is 217 g/mol. The first-order valence-electron chi connectivity index (χ1n) is 3.87. The summed E-state index contributed by atoms with van der Waals surface area (Å²) in [6.07, 6.45) is -5.06. The van der Waals surface area contributed by atoms with Crippen molar-refractivity contribution in [3.8, 4) is 0 Å². The fourth-order valence-electron chi connectivity index (χ4n) is 0.702. The number of hydrogen-bond donors (Lipinski definition) is 2. The minimum atomic E-state index is -4.91. The minimum Gasteiger partial charge on any atom is -0.480 e. The van der Waals surface area contributed by atoms with Crippen molar-refractivity contribution < 1.29 is 27.5 Å². The van der Waals surface area contributed by atoms with Crippen LogP contribution >= 0.6 is 0 Å². The van der Waals surface area contributed by atoms with Crippen LogP contribution < -0.4 is 5.32 Å². The van der Waals surface area contributed by atoms with Crippen LogP contribution in [-0.4, -0.2) is 36.0 Å². The lowest BCUT2D eigenvalue weighted by Crippen LogP contribution is -2.60. The Kier molecular flexibility index (Phi) is 4.31. The summed E-state index contributed by atoms with van der Waals surface area (Å²) in [4.78, 5) is 10.4. The van der Waals surface area contributed by atoms with E-state index < -0.39 is 24.4 Å². The summed E-state index contributed by atoms with van der Waals surface area (Å²) in [6, 6.07) is 0. The number of alkyl halides is 4. The van der Waals surface area contributed by atoms with Gasteiger partial charge in [0.15, 0.2) is 0 Å². The Hall–Kier alpha value is -0.850. The standard InChI is InChI=1S/C7H11F4NO2/c1-6(5(13)14,7(9,10)11)12-4-2-3-8/h12H,2-4H2,1H3,(H,13,14). The molecule has 0 aliphatic heterocycles. The molecule has 0 amide bonds. The Morgan fingerprint density at radius 3 is 2.21 bits per heavy atom. The highest BCUT2D eigenvalue weighted by atomic mass is 19.4. The topological polar surface area (TPSA) is 49.3 Å². The van der Waals surface area contributed by atoms with Crippen molar-refractivity contribution in [3.63, 3.8) is 0 Å². The van der Waals surface area contributed by atoms with Gasteiger partial charge in [0, 0.05) is 0 Å². The summed E-state index contributed by atoms with van der Waals surface area (Å²) < 4.78 is 48.3. The molecule has 0 aliphatic carbocycles. The first-order valence-corrected chi connectivity index (χ1v) is 3.87. The van der Waals surface area contributed by atoms with Crippen LogP contribution in [0.25, 0.3) is 0 Å². The van der Waals surface area contributed by atoms with Gasteiger partial charge in [-0.1, -0.05) is 0 Å². The van der Waals surface area contributed by atoms with E-state index in [2.05, 4.69) is 0 Å². The second-order valence-corrected chi connectivity index (χ2v) is 2.90. The normalized spacial score (nSPS) is 16.4. The molecule has 0 rings (SSSR count). The van der Waals surface area contributed by atoms with Crippen molar-refractivity contribution in [2.24, 2.45) is 0 Å². The van der Waals surface area contributed by atoms with Crippen molar-refractivity contribution in [2.75, 3.05) is 13.2 Å². The van der Waals surface area contributed by atoms with Crippen molar-refractivity contribution in [2.45, 2.75) is 25.1 Å². The summed E-state index contributed by atoms with van der Waals surface area (Å²) in [5, 5.41) is 10.2. The molecule has 0 fully saturated rings. The van der Waals surface area contributed by atoms with Gasteiger partial charge in [0.25, 0.3) is 0 Å². The van der Waals surface area contributed by atoms with Crippen LogP contribution in [0.15, 0.2) is 0 Å². The number of carboxylic acid groups (broad SMARTS) is 1. The van der Waals surface area contributed by atoms with Gasteiger partial charge in [0.05, 0.1) is 6.67 Å². The zero-order valence-electron chi connectivity index (χ0n) is 7.49. The Labute approximate surface area is 78.1 Å². The van der Waals surface area contributed by atoms with Gasteiger partial charge in [0.1, 0.15) is 0 Å². The molecule has 0 saturated heterocycles. The molecule has 0 aromatic rings. The molecule has 0 bridgehead atoms. The number of carbonyl (C=O) groups is 1. The van der Waals surface area contributed by atoms with Crippen molar-refractivity contribution in [3.05, 3.63) is 0 Å². The maximum Gasteiger partial charge on any atom is 0.417 e. The lowest BCUT2D eigenvalue weighted by molar-refractivity contribution is -0.205. The third-order valence-corrected chi connectivity index (χ3v) is 1.78. The highest BCUT2D eigenvalue weighted by Gasteiger charge is 2.56. The number of nitrogens with one attached hydrogen (secondary N) is 1. The Morgan fingerprint density at radius 2 is 1.93 bits per heavy atom. The zero-order valence-corrected chi connectivity index (χ0v) is 7.49. The Morgan fingerprint density at radius 1 is 1.43 bits per heavy atom. The lowest BCUT2D eigenvalue weighted by atomic mass is 10.0. The van der Waals surface area contributed by atoms with E-state index in [4.69, 9.17) is 5.11 Å². The van der Waals surface area contributed by atoms with Crippen LogP contribution in [0.3, 0.4) is 0 Å². The number of hydrogen-bond acceptors (Lipinski definition) is 2. The first-order chi connectivity index (χ1) is 6.25. The van der Waals surface area contributed by atoms with Gasteiger partial charge in [-0.3, -0.25) is 9.71 Å². The van der Waals surface area contributed by atoms with Gasteiger partial charge in [-0.25, -0.2) is 4.79 Å². The molecule has 0 heterocycles. The van der Waals surface area contributed by atoms with Crippen molar-refractivity contribution >= 4 is 5.97 Å². The summed E-state index contributed by atoms with van der Waals surface area (Å²) in [5.41, 5.74) is -3.01. The molecule has 1 unspecified atom stereocenters. The molecule has 0 aromatic carbocycles. The molecule has 1 atom stereocenters. The van der Waals surface area contributed by atoms with E-state index in [1.807, 2.05) is 0 Å². The second kappa shape index (κ2) is 4.59. The maximum absolute atomic E-state index is 12.2. The van der Waals surface area contributed by atoms with Gasteiger partial charge >= 0.3 is 12.1 Å². The molecule has 0 aromatic heterocycles. The van der Waals surface area contributed by atoms with E-state index in [0.717, 1.165) is 0 Å².